The summed E-state index contributed by atoms with van der Waals surface area (Å²) in [5, 5.41) is 4.01. The second-order valence-corrected chi connectivity index (χ2v) is 19.8. The van der Waals surface area contributed by atoms with Crippen LogP contribution in [-0.4, -0.2) is 122 Å². The van der Waals surface area contributed by atoms with Gasteiger partial charge in [0.25, 0.3) is 0 Å². The summed E-state index contributed by atoms with van der Waals surface area (Å²) in [7, 11) is 3.30. The molecule has 3 aromatic heterocycles. The Hall–Kier alpha value is -6.14. The minimum atomic E-state index is -1.27. The molecule has 0 saturated carbocycles. The maximum atomic E-state index is 15.2. The number of fused-ring (bicyclic) bond motifs is 5. The first-order valence-corrected chi connectivity index (χ1v) is 24.2. The first-order valence-electron chi connectivity index (χ1n) is 23.8. The molecule has 2 aliphatic carbocycles. The molecule has 5 aliphatic rings. The molecule has 5 N–H and O–H groups in total. The van der Waals surface area contributed by atoms with E-state index in [4.69, 9.17) is 36.5 Å². The Morgan fingerprint density at radius 3 is 2.61 bits per heavy atom. The molecular weight excluding hydrogens is 910 g/mol. The third kappa shape index (κ3) is 9.24. The average molecular weight is 972 g/mol. The number of aromatic amines is 2. The van der Waals surface area contributed by atoms with Gasteiger partial charge in [-0.05, 0) is 67.9 Å². The number of amides is 3. The second-order valence-electron chi connectivity index (χ2n) is 19.5. The molecule has 3 aliphatic heterocycles. The van der Waals surface area contributed by atoms with Gasteiger partial charge in [0.15, 0.2) is 6.23 Å². The standard InChI is InChI=1S/C50H61ClF2N10O6/c1-25(2)43(54)47(64)61(22-27(5)52)24-41-55-20-34(57-41)28-9-12-36-33(16-28)42(51)45-32-11-8-29(17-39(32)69-49(63(36)45)30-10-13-37-40(18-30)68-15-14-60(37)6)35-21-56-46(58-35)38-19-31(53)23-62(38)48(65)44(26(3)4)59-50(66)67-7/h9,12-13,16-18,20-21,25-27,30-31,38,43-44,49H,8,10-11,14-15,19,22-24,54H2,1-7H3,(H,55,57)(H,56,58)(H,59,66). The average Bonchev–Trinajstić information content (AvgIpc) is 4.15. The third-order valence-corrected chi connectivity index (χ3v) is 14.3. The van der Waals surface area contributed by atoms with Crippen LogP contribution in [0.2, 0.25) is 5.02 Å². The highest BCUT2D eigenvalue weighted by molar-refractivity contribution is 6.37. The highest BCUT2D eigenvalue weighted by Gasteiger charge is 2.43. The number of halogens is 3. The fourth-order valence-electron chi connectivity index (χ4n) is 10.1. The van der Waals surface area contributed by atoms with Crippen molar-refractivity contribution in [1.29, 1.82) is 0 Å². The van der Waals surface area contributed by atoms with Crippen LogP contribution in [0.5, 0.6) is 0 Å². The number of methoxy groups -OCH3 is 1. The highest BCUT2D eigenvalue weighted by Crippen LogP contribution is 2.51. The fourth-order valence-corrected chi connectivity index (χ4v) is 10.5. The third-order valence-electron chi connectivity index (χ3n) is 13.9. The van der Waals surface area contributed by atoms with Gasteiger partial charge in [-0.3, -0.25) is 9.59 Å². The Morgan fingerprint density at radius 1 is 1.09 bits per heavy atom. The first kappa shape index (κ1) is 47.9. The molecule has 0 bridgehead atoms. The predicted octanol–water partition coefficient (Wildman–Crippen LogP) is 7.94. The minimum absolute atomic E-state index is 0.0623. The van der Waals surface area contributed by atoms with Gasteiger partial charge in [-0.15, -0.1) is 0 Å². The Kier molecular flexibility index (Phi) is 13.4. The van der Waals surface area contributed by atoms with E-state index in [0.717, 1.165) is 57.0 Å². The van der Waals surface area contributed by atoms with Gasteiger partial charge in [0, 0.05) is 35.9 Å². The zero-order chi connectivity index (χ0) is 49.0. The van der Waals surface area contributed by atoms with Crippen molar-refractivity contribution in [2.45, 2.75) is 104 Å². The lowest BCUT2D eigenvalue weighted by Crippen LogP contribution is -2.51. The van der Waals surface area contributed by atoms with Crippen LogP contribution in [0.15, 0.2) is 66.0 Å². The number of alkyl carbamates (subject to hydrolysis) is 1. The van der Waals surface area contributed by atoms with Crippen molar-refractivity contribution in [2.75, 3.05) is 40.4 Å². The van der Waals surface area contributed by atoms with Gasteiger partial charge in [-0.25, -0.2) is 23.5 Å². The van der Waals surface area contributed by atoms with Crippen LogP contribution in [0, 0.1) is 17.8 Å². The summed E-state index contributed by atoms with van der Waals surface area (Å²) in [5.74, 6) is 1.19. The van der Waals surface area contributed by atoms with Crippen LogP contribution < -0.4 is 11.1 Å². The Bertz CT molecular complexity index is 2770. The summed E-state index contributed by atoms with van der Waals surface area (Å²) in [5.41, 5.74) is 13.1. The van der Waals surface area contributed by atoms with Crippen LogP contribution in [-0.2, 0) is 30.3 Å². The number of benzene rings is 1. The maximum Gasteiger partial charge on any atom is 0.407 e. The molecule has 1 aromatic carbocycles. The zero-order valence-corrected chi connectivity index (χ0v) is 40.8. The van der Waals surface area contributed by atoms with Gasteiger partial charge in [-0.1, -0.05) is 51.4 Å². The number of nitrogens with one attached hydrogen (secondary N) is 3. The van der Waals surface area contributed by atoms with Gasteiger partial charge in [0.1, 0.15) is 48.2 Å². The van der Waals surface area contributed by atoms with Crippen LogP contribution in [0.1, 0.15) is 95.6 Å². The molecule has 3 amide bonds. The van der Waals surface area contributed by atoms with E-state index in [-0.39, 0.29) is 49.7 Å². The van der Waals surface area contributed by atoms with Crippen molar-refractivity contribution in [3.8, 4) is 11.3 Å². The van der Waals surface area contributed by atoms with E-state index < -0.39 is 48.7 Å². The monoisotopic (exact) mass is 970 g/mol. The Balaban J connectivity index is 1.05. The number of hydrogen-bond donors (Lipinski definition) is 4. The molecule has 69 heavy (non-hydrogen) atoms. The molecule has 2 fully saturated rings. The molecule has 6 heterocycles. The Labute approximate surface area is 404 Å². The molecule has 2 saturated heterocycles. The zero-order valence-electron chi connectivity index (χ0n) is 40.0. The number of imidazole rings is 2. The first-order chi connectivity index (χ1) is 33.0. The summed E-state index contributed by atoms with van der Waals surface area (Å²) in [6.07, 6.45) is 7.97. The number of likely N-dealkylation sites (N-methyl/N-ethyl adjacent to an activating group) is 1. The Morgan fingerprint density at radius 2 is 1.87 bits per heavy atom. The molecule has 19 heteroatoms. The van der Waals surface area contributed by atoms with Crippen molar-refractivity contribution in [1.82, 2.24) is 44.5 Å². The SMILES string of the molecule is COC(=O)NC(C(=O)N1CC(F)CC1c1ncc(C2=CC3=C(CC2)c2c(Cl)c4cc(-c5cnc(CN(CC(C)F)C(=O)C(N)C(C)C)[nH]5)ccc4n2C(C2C=C4OCCN(C)C4=CC2)O3)[nH]1)C(C)C. The number of hydrogen-bond acceptors (Lipinski definition) is 10. The molecule has 7 unspecified atom stereocenters. The van der Waals surface area contributed by atoms with Gasteiger partial charge in [0.05, 0.1) is 91.1 Å². The number of nitrogens with zero attached hydrogens (tertiary/aromatic N) is 6. The normalized spacial score (nSPS) is 22.5. The highest BCUT2D eigenvalue weighted by atomic mass is 35.5. The number of morpholine rings is 1. The minimum Gasteiger partial charge on any atom is -0.490 e. The molecule has 9 rings (SSSR count). The van der Waals surface area contributed by atoms with Crippen molar-refractivity contribution in [2.24, 2.45) is 23.5 Å². The predicted molar refractivity (Wildman–Crippen MR) is 257 cm³/mol. The van der Waals surface area contributed by atoms with Gasteiger partial charge in [-0.2, -0.15) is 0 Å². The number of aromatic nitrogens is 5. The summed E-state index contributed by atoms with van der Waals surface area (Å²) < 4.78 is 49.7. The van der Waals surface area contributed by atoms with E-state index in [1.165, 1.54) is 23.8 Å². The van der Waals surface area contributed by atoms with Gasteiger partial charge >= 0.3 is 6.09 Å². The largest absolute Gasteiger partial charge is 0.490 e. The second kappa shape index (κ2) is 19.3. The summed E-state index contributed by atoms with van der Waals surface area (Å²) in [6, 6.07) is 3.72. The lowest BCUT2D eigenvalue weighted by Gasteiger charge is -2.39. The molecule has 0 spiro atoms. The molecule has 368 valence electrons. The number of nitrogens with two attached hydrogens (primary N) is 1. The molecule has 4 aromatic rings. The quantitative estimate of drug-likeness (QED) is 0.102. The number of ether oxygens (including phenoxy) is 3. The van der Waals surface area contributed by atoms with Crippen molar-refractivity contribution < 1.29 is 37.4 Å². The van der Waals surface area contributed by atoms with E-state index in [0.29, 0.717) is 54.0 Å². The van der Waals surface area contributed by atoms with Crippen molar-refractivity contribution >= 4 is 51.6 Å². The van der Waals surface area contributed by atoms with Crippen LogP contribution in [0.25, 0.3) is 33.3 Å². The number of H-pyrrole nitrogens is 2. The van der Waals surface area contributed by atoms with E-state index in [1.54, 1.807) is 12.4 Å². The van der Waals surface area contributed by atoms with Crippen molar-refractivity contribution in [3.63, 3.8) is 0 Å². The molecule has 16 nitrogen and oxygen atoms in total. The van der Waals surface area contributed by atoms with E-state index in [1.807, 2.05) is 52.0 Å². The smallest absolute Gasteiger partial charge is 0.407 e. The van der Waals surface area contributed by atoms with Crippen molar-refractivity contribution in [3.05, 3.63) is 94.1 Å². The number of allylic oxidation sites excluding steroid dienone is 4. The lowest BCUT2D eigenvalue weighted by molar-refractivity contribution is -0.136. The fraction of sp³-hybridized carbons (Fsp3) is 0.500. The number of rotatable bonds is 13. The van der Waals surface area contributed by atoms with Crippen LogP contribution >= 0.6 is 11.6 Å². The van der Waals surface area contributed by atoms with Gasteiger partial charge < -0.3 is 54.5 Å². The van der Waals surface area contributed by atoms with E-state index in [2.05, 4.69) is 48.9 Å². The summed E-state index contributed by atoms with van der Waals surface area (Å²) in [6.45, 7) is 9.97. The van der Waals surface area contributed by atoms with Crippen LogP contribution in [0.3, 0.4) is 0 Å². The summed E-state index contributed by atoms with van der Waals surface area (Å²) >= 11 is 7.54. The summed E-state index contributed by atoms with van der Waals surface area (Å²) in [4.78, 5) is 60.4. The molecule has 7 atom stereocenters. The number of alkyl halides is 2. The topological polar surface area (TPSA) is 189 Å². The van der Waals surface area contributed by atoms with Gasteiger partial charge in [0.2, 0.25) is 11.8 Å². The number of carbonyl (C=O) groups excluding carboxylic acids is 3. The van der Waals surface area contributed by atoms with E-state index >= 15 is 4.39 Å². The van der Waals surface area contributed by atoms with Crippen LogP contribution in [0.4, 0.5) is 13.6 Å². The maximum absolute atomic E-state index is 15.2. The number of likely N-dealkylation sites (tertiary alicyclic amines) is 1. The van der Waals surface area contributed by atoms with E-state index in [9.17, 15) is 18.8 Å². The number of carbonyl (C=O) groups is 3. The molecular formula is C50H61ClF2N10O6. The lowest BCUT2D eigenvalue weighted by atomic mass is 9.90. The molecule has 0 radical (unpaired) electrons.